The maximum Gasteiger partial charge on any atom is 0.257 e. The van der Waals surface area contributed by atoms with E-state index in [9.17, 15) is 4.79 Å². The number of carbonyl (C=O) groups is 1. The third-order valence-electron chi connectivity index (χ3n) is 3.07. The molecule has 1 amide bonds. The Hall–Kier alpha value is -2.97. The second-order valence-corrected chi connectivity index (χ2v) is 5.38. The smallest absolute Gasteiger partial charge is 0.257 e. The van der Waals surface area contributed by atoms with Crippen molar-refractivity contribution in [3.05, 3.63) is 29.7 Å². The molecule has 9 heteroatoms. The topological polar surface area (TPSA) is 96.4 Å². The zero-order valence-corrected chi connectivity index (χ0v) is 14.4. The molecule has 0 saturated carbocycles. The van der Waals surface area contributed by atoms with Crippen molar-refractivity contribution in [3.63, 3.8) is 0 Å². The monoisotopic (exact) mass is 331 g/mol. The number of nitrogens with zero attached hydrogens (tertiary/aromatic N) is 6. The Morgan fingerprint density at radius 3 is 2.29 bits per heavy atom. The Labute approximate surface area is 140 Å². The van der Waals surface area contributed by atoms with Crippen molar-refractivity contribution in [2.24, 2.45) is 0 Å². The van der Waals surface area contributed by atoms with Gasteiger partial charge in [-0.15, -0.1) is 0 Å². The Bertz CT molecular complexity index is 692. The molecule has 0 aromatic carbocycles. The molecule has 0 bridgehead atoms. The minimum atomic E-state index is -0.307. The Kier molecular flexibility index (Phi) is 5.46. The summed E-state index contributed by atoms with van der Waals surface area (Å²) in [5, 5.41) is 2.77. The Balaban J connectivity index is 2.17. The number of nitrogens with one attached hydrogen (secondary N) is 1. The third-order valence-corrected chi connectivity index (χ3v) is 3.07. The zero-order chi connectivity index (χ0) is 17.7. The molecule has 2 aromatic rings. The SMILES string of the molecule is COc1ncccc1C(=O)NCc1nc(N(C)C)nc(N(C)C)n1. The largest absolute Gasteiger partial charge is 0.480 e. The second-order valence-electron chi connectivity index (χ2n) is 5.38. The fraction of sp³-hybridized carbons (Fsp3) is 0.400. The van der Waals surface area contributed by atoms with Gasteiger partial charge in [0.15, 0.2) is 5.82 Å². The molecule has 0 aliphatic carbocycles. The number of hydrogen-bond acceptors (Lipinski definition) is 8. The molecule has 0 aliphatic rings. The summed E-state index contributed by atoms with van der Waals surface area (Å²) < 4.78 is 5.09. The fourth-order valence-corrected chi connectivity index (χ4v) is 1.86. The van der Waals surface area contributed by atoms with Crippen molar-refractivity contribution in [2.45, 2.75) is 6.54 Å². The van der Waals surface area contributed by atoms with Crippen LogP contribution in [0.5, 0.6) is 5.88 Å². The number of hydrogen-bond donors (Lipinski definition) is 1. The van der Waals surface area contributed by atoms with Gasteiger partial charge in [0, 0.05) is 34.4 Å². The summed E-state index contributed by atoms with van der Waals surface area (Å²) in [6.07, 6.45) is 1.56. The molecule has 2 rings (SSSR count). The summed E-state index contributed by atoms with van der Waals surface area (Å²) >= 11 is 0. The summed E-state index contributed by atoms with van der Waals surface area (Å²) in [7, 11) is 8.85. The lowest BCUT2D eigenvalue weighted by Crippen LogP contribution is -2.26. The molecular formula is C15H21N7O2. The van der Waals surface area contributed by atoms with Crippen LogP contribution in [0.1, 0.15) is 16.2 Å². The van der Waals surface area contributed by atoms with Gasteiger partial charge < -0.3 is 19.9 Å². The molecule has 0 fully saturated rings. The second kappa shape index (κ2) is 7.53. The van der Waals surface area contributed by atoms with Crippen molar-refractivity contribution in [3.8, 4) is 5.88 Å². The average molecular weight is 331 g/mol. The van der Waals surface area contributed by atoms with Crippen LogP contribution >= 0.6 is 0 Å². The maximum absolute atomic E-state index is 12.3. The molecule has 0 saturated heterocycles. The van der Waals surface area contributed by atoms with Gasteiger partial charge in [-0.05, 0) is 12.1 Å². The van der Waals surface area contributed by atoms with Crippen LogP contribution in [0.15, 0.2) is 18.3 Å². The molecule has 0 spiro atoms. The summed E-state index contributed by atoms with van der Waals surface area (Å²) in [6.45, 7) is 0.168. The summed E-state index contributed by atoms with van der Waals surface area (Å²) in [4.78, 5) is 32.9. The molecule has 2 aromatic heterocycles. The normalized spacial score (nSPS) is 10.2. The summed E-state index contributed by atoms with van der Waals surface area (Å²) in [5.41, 5.74) is 0.356. The first-order valence-corrected chi connectivity index (χ1v) is 7.29. The van der Waals surface area contributed by atoms with Crippen LogP contribution in [0.25, 0.3) is 0 Å². The number of pyridine rings is 1. The standard InChI is InChI=1S/C15H21N7O2/c1-21(2)14-18-11(19-15(20-14)22(3)4)9-17-12(23)10-7-6-8-16-13(10)24-5/h6-8H,9H2,1-5H3,(H,17,23). The van der Waals surface area contributed by atoms with E-state index in [1.807, 2.05) is 28.2 Å². The van der Waals surface area contributed by atoms with E-state index in [0.717, 1.165) is 0 Å². The highest BCUT2D eigenvalue weighted by molar-refractivity contribution is 5.96. The van der Waals surface area contributed by atoms with Gasteiger partial charge in [0.25, 0.3) is 5.91 Å². The molecule has 0 aliphatic heterocycles. The first-order valence-electron chi connectivity index (χ1n) is 7.29. The molecule has 0 radical (unpaired) electrons. The number of amides is 1. The van der Waals surface area contributed by atoms with Crippen LogP contribution in [-0.2, 0) is 6.54 Å². The van der Waals surface area contributed by atoms with Gasteiger partial charge in [-0.25, -0.2) is 4.98 Å². The van der Waals surface area contributed by atoms with Gasteiger partial charge in [-0.1, -0.05) is 0 Å². The number of aromatic nitrogens is 4. The minimum absolute atomic E-state index is 0.168. The molecule has 1 N–H and O–H groups in total. The Morgan fingerprint density at radius 2 is 1.75 bits per heavy atom. The summed E-state index contributed by atoms with van der Waals surface area (Å²) in [6, 6.07) is 3.32. The quantitative estimate of drug-likeness (QED) is 0.809. The van der Waals surface area contributed by atoms with Crippen LogP contribution in [0, 0.1) is 0 Å². The van der Waals surface area contributed by atoms with Gasteiger partial charge in [0.1, 0.15) is 5.56 Å². The molecule has 24 heavy (non-hydrogen) atoms. The lowest BCUT2D eigenvalue weighted by molar-refractivity contribution is 0.0946. The van der Waals surface area contributed by atoms with E-state index < -0.39 is 0 Å². The van der Waals surface area contributed by atoms with E-state index in [1.54, 1.807) is 28.1 Å². The number of rotatable bonds is 6. The molecule has 128 valence electrons. The van der Waals surface area contributed by atoms with E-state index in [1.165, 1.54) is 7.11 Å². The van der Waals surface area contributed by atoms with Crippen molar-refractivity contribution < 1.29 is 9.53 Å². The predicted octanol–water partition coefficient (Wildman–Crippen LogP) is 0.337. The van der Waals surface area contributed by atoms with Gasteiger partial charge in [-0.3, -0.25) is 4.79 Å². The van der Waals surface area contributed by atoms with E-state index >= 15 is 0 Å². The summed E-state index contributed by atoms with van der Waals surface area (Å²) in [5.74, 6) is 1.48. The Morgan fingerprint density at radius 1 is 1.12 bits per heavy atom. The van der Waals surface area contributed by atoms with Gasteiger partial charge in [0.2, 0.25) is 17.8 Å². The van der Waals surface area contributed by atoms with Gasteiger partial charge in [0.05, 0.1) is 13.7 Å². The van der Waals surface area contributed by atoms with Crippen LogP contribution in [0.4, 0.5) is 11.9 Å². The fourth-order valence-electron chi connectivity index (χ4n) is 1.86. The number of anilines is 2. The highest BCUT2D eigenvalue weighted by atomic mass is 16.5. The first kappa shape index (κ1) is 17.4. The first-order chi connectivity index (χ1) is 11.4. The van der Waals surface area contributed by atoms with Gasteiger partial charge >= 0.3 is 0 Å². The van der Waals surface area contributed by atoms with E-state index in [-0.39, 0.29) is 18.3 Å². The molecule has 2 heterocycles. The van der Waals surface area contributed by atoms with Crippen molar-refractivity contribution in [1.29, 1.82) is 0 Å². The number of carbonyl (C=O) groups excluding carboxylic acids is 1. The van der Waals surface area contributed by atoms with E-state index in [4.69, 9.17) is 4.74 Å². The van der Waals surface area contributed by atoms with Crippen molar-refractivity contribution in [2.75, 3.05) is 45.1 Å². The van der Waals surface area contributed by atoms with Crippen LogP contribution < -0.4 is 19.9 Å². The number of methoxy groups -OCH3 is 1. The molecular weight excluding hydrogens is 310 g/mol. The predicted molar refractivity (Wildman–Crippen MR) is 90.4 cm³/mol. The molecule has 0 atom stereocenters. The van der Waals surface area contributed by atoms with Crippen LogP contribution in [0.3, 0.4) is 0 Å². The molecule has 9 nitrogen and oxygen atoms in total. The maximum atomic E-state index is 12.3. The van der Waals surface area contributed by atoms with Crippen LogP contribution in [0.2, 0.25) is 0 Å². The van der Waals surface area contributed by atoms with Gasteiger partial charge in [-0.2, -0.15) is 15.0 Å². The van der Waals surface area contributed by atoms with E-state index in [2.05, 4.69) is 25.3 Å². The molecule has 0 unspecified atom stereocenters. The van der Waals surface area contributed by atoms with E-state index in [0.29, 0.717) is 23.3 Å². The van der Waals surface area contributed by atoms with Crippen molar-refractivity contribution >= 4 is 17.8 Å². The zero-order valence-electron chi connectivity index (χ0n) is 14.4. The number of ether oxygens (including phenoxy) is 1. The van der Waals surface area contributed by atoms with Crippen molar-refractivity contribution in [1.82, 2.24) is 25.3 Å². The highest BCUT2D eigenvalue weighted by Crippen LogP contribution is 2.14. The minimum Gasteiger partial charge on any atom is -0.480 e. The lowest BCUT2D eigenvalue weighted by Gasteiger charge is -2.16. The lowest BCUT2D eigenvalue weighted by atomic mass is 10.2. The average Bonchev–Trinajstić information content (AvgIpc) is 2.59. The van der Waals surface area contributed by atoms with Crippen LogP contribution in [-0.4, -0.2) is 61.1 Å². The highest BCUT2D eigenvalue weighted by Gasteiger charge is 2.14. The third kappa shape index (κ3) is 4.06.